The van der Waals surface area contributed by atoms with E-state index in [2.05, 4.69) is 0 Å². The molecular formula is C19H14FNO2. The summed E-state index contributed by atoms with van der Waals surface area (Å²) in [5.41, 5.74) is 2.05. The van der Waals surface area contributed by atoms with E-state index in [0.717, 1.165) is 0 Å². The topological polar surface area (TPSA) is 39.1 Å². The molecule has 3 rings (SSSR count). The summed E-state index contributed by atoms with van der Waals surface area (Å²) in [5, 5.41) is 0. The van der Waals surface area contributed by atoms with Crippen molar-refractivity contribution in [1.82, 2.24) is 4.57 Å². The number of carbonyl (C=O) groups is 2. The molecule has 3 aromatic rings. The number of carbonyl (C=O) groups excluding carboxylic acids is 2. The van der Waals surface area contributed by atoms with E-state index in [4.69, 9.17) is 0 Å². The zero-order valence-corrected chi connectivity index (χ0v) is 12.5. The monoisotopic (exact) mass is 307 g/mol. The maximum Gasteiger partial charge on any atom is 0.228 e. The summed E-state index contributed by atoms with van der Waals surface area (Å²) < 4.78 is 14.5. The maximum atomic E-state index is 13.1. The molecule has 0 bridgehead atoms. The van der Waals surface area contributed by atoms with Crippen molar-refractivity contribution < 1.29 is 14.0 Å². The molecule has 0 unspecified atom stereocenters. The van der Waals surface area contributed by atoms with Gasteiger partial charge in [0.25, 0.3) is 0 Å². The van der Waals surface area contributed by atoms with Crippen molar-refractivity contribution in [3.8, 4) is 11.3 Å². The number of aromatic nitrogens is 1. The van der Waals surface area contributed by atoms with Gasteiger partial charge in [-0.1, -0.05) is 30.3 Å². The first-order valence-electron chi connectivity index (χ1n) is 7.16. The molecule has 0 spiro atoms. The lowest BCUT2D eigenvalue weighted by atomic mass is 10.1. The van der Waals surface area contributed by atoms with Gasteiger partial charge in [0.15, 0.2) is 0 Å². The lowest BCUT2D eigenvalue weighted by molar-refractivity contribution is 0.0916. The molecule has 0 fully saturated rings. The number of hydrogen-bond donors (Lipinski definition) is 0. The SMILES string of the molecule is CC(=O)n1c(C(=O)c2ccccc2)ccc1-c1ccc(F)cc1. The smallest absolute Gasteiger partial charge is 0.228 e. The average Bonchev–Trinajstić information content (AvgIpc) is 3.01. The Labute approximate surface area is 133 Å². The zero-order valence-electron chi connectivity index (χ0n) is 12.5. The minimum Gasteiger partial charge on any atom is -0.287 e. The van der Waals surface area contributed by atoms with Gasteiger partial charge in [-0.2, -0.15) is 0 Å². The van der Waals surface area contributed by atoms with Crippen LogP contribution in [0.5, 0.6) is 0 Å². The van der Waals surface area contributed by atoms with Crippen molar-refractivity contribution in [2.75, 3.05) is 0 Å². The Morgan fingerprint density at radius 2 is 1.52 bits per heavy atom. The van der Waals surface area contributed by atoms with Gasteiger partial charge in [-0.05, 0) is 42.0 Å². The Hall–Kier alpha value is -3.01. The fourth-order valence-electron chi connectivity index (χ4n) is 2.54. The van der Waals surface area contributed by atoms with Crippen LogP contribution in [-0.2, 0) is 0 Å². The fraction of sp³-hybridized carbons (Fsp3) is 0.0526. The zero-order chi connectivity index (χ0) is 16.4. The molecule has 1 heterocycles. The Bertz CT molecular complexity index is 864. The average molecular weight is 307 g/mol. The molecule has 3 nitrogen and oxygen atoms in total. The fourth-order valence-corrected chi connectivity index (χ4v) is 2.54. The second kappa shape index (κ2) is 6.01. The summed E-state index contributed by atoms with van der Waals surface area (Å²) in [5.74, 6) is -0.849. The lowest BCUT2D eigenvalue weighted by Crippen LogP contribution is -2.16. The Balaban J connectivity index is 2.11. The standard InChI is InChI=1S/C19H14FNO2/c1-13(22)21-17(14-7-9-16(20)10-8-14)11-12-18(21)19(23)15-5-3-2-4-6-15/h2-12H,1H3. The molecule has 4 heteroatoms. The van der Waals surface area contributed by atoms with E-state index in [1.54, 1.807) is 48.5 Å². The van der Waals surface area contributed by atoms with Gasteiger partial charge in [-0.25, -0.2) is 4.39 Å². The van der Waals surface area contributed by atoms with Gasteiger partial charge >= 0.3 is 0 Å². The number of hydrogen-bond acceptors (Lipinski definition) is 2. The predicted octanol–water partition coefficient (Wildman–Crippen LogP) is 4.19. The van der Waals surface area contributed by atoms with Crippen LogP contribution in [0.4, 0.5) is 4.39 Å². The number of nitrogens with zero attached hydrogens (tertiary/aromatic N) is 1. The molecule has 0 amide bonds. The van der Waals surface area contributed by atoms with E-state index in [-0.39, 0.29) is 17.5 Å². The number of ketones is 1. The molecule has 0 atom stereocenters. The van der Waals surface area contributed by atoms with Crippen LogP contribution in [0.3, 0.4) is 0 Å². The van der Waals surface area contributed by atoms with E-state index in [1.165, 1.54) is 23.6 Å². The molecule has 0 saturated heterocycles. The summed E-state index contributed by atoms with van der Waals surface area (Å²) in [6.07, 6.45) is 0. The Morgan fingerprint density at radius 3 is 2.13 bits per heavy atom. The van der Waals surface area contributed by atoms with E-state index >= 15 is 0 Å². The van der Waals surface area contributed by atoms with E-state index in [0.29, 0.717) is 22.5 Å². The molecule has 23 heavy (non-hydrogen) atoms. The summed E-state index contributed by atoms with van der Waals surface area (Å²) in [6.45, 7) is 1.40. The van der Waals surface area contributed by atoms with Gasteiger partial charge in [-0.3, -0.25) is 14.2 Å². The molecule has 0 aliphatic carbocycles. The summed E-state index contributed by atoms with van der Waals surface area (Å²) >= 11 is 0. The van der Waals surface area contributed by atoms with Crippen molar-refractivity contribution in [2.24, 2.45) is 0 Å². The van der Waals surface area contributed by atoms with Crippen LogP contribution in [0.25, 0.3) is 11.3 Å². The van der Waals surface area contributed by atoms with Crippen LogP contribution in [-0.4, -0.2) is 16.3 Å². The quantitative estimate of drug-likeness (QED) is 0.681. The Morgan fingerprint density at radius 1 is 0.870 bits per heavy atom. The van der Waals surface area contributed by atoms with Crippen molar-refractivity contribution in [1.29, 1.82) is 0 Å². The first-order valence-corrected chi connectivity index (χ1v) is 7.16. The van der Waals surface area contributed by atoms with Crippen LogP contribution >= 0.6 is 0 Å². The molecule has 0 saturated carbocycles. The second-order valence-corrected chi connectivity index (χ2v) is 5.16. The largest absolute Gasteiger partial charge is 0.287 e. The normalized spacial score (nSPS) is 10.5. The van der Waals surface area contributed by atoms with Gasteiger partial charge in [0, 0.05) is 12.5 Å². The van der Waals surface area contributed by atoms with Gasteiger partial charge in [0.05, 0.1) is 11.4 Å². The minimum atomic E-state index is -0.352. The third-order valence-corrected chi connectivity index (χ3v) is 3.60. The first-order chi connectivity index (χ1) is 11.1. The molecule has 0 aliphatic heterocycles. The molecule has 0 aliphatic rings. The summed E-state index contributed by atoms with van der Waals surface area (Å²) in [6, 6.07) is 17.9. The van der Waals surface area contributed by atoms with Crippen LogP contribution < -0.4 is 0 Å². The highest BCUT2D eigenvalue weighted by Gasteiger charge is 2.19. The molecule has 2 aromatic carbocycles. The highest BCUT2D eigenvalue weighted by Crippen LogP contribution is 2.24. The lowest BCUT2D eigenvalue weighted by Gasteiger charge is -2.09. The third kappa shape index (κ3) is 2.83. The number of benzene rings is 2. The van der Waals surface area contributed by atoms with Gasteiger partial charge in [-0.15, -0.1) is 0 Å². The van der Waals surface area contributed by atoms with Crippen molar-refractivity contribution >= 4 is 11.7 Å². The second-order valence-electron chi connectivity index (χ2n) is 5.16. The van der Waals surface area contributed by atoms with Crippen molar-refractivity contribution in [3.63, 3.8) is 0 Å². The van der Waals surface area contributed by atoms with Crippen LogP contribution in [0.1, 0.15) is 27.8 Å². The molecule has 0 N–H and O–H groups in total. The van der Waals surface area contributed by atoms with Crippen LogP contribution in [0.2, 0.25) is 0 Å². The number of halogens is 1. The first kappa shape index (κ1) is 14.9. The third-order valence-electron chi connectivity index (χ3n) is 3.60. The maximum absolute atomic E-state index is 13.1. The van der Waals surface area contributed by atoms with Gasteiger partial charge < -0.3 is 0 Å². The molecule has 0 radical (unpaired) electrons. The van der Waals surface area contributed by atoms with E-state index < -0.39 is 0 Å². The molecular weight excluding hydrogens is 293 g/mol. The molecule has 114 valence electrons. The number of rotatable bonds is 3. The summed E-state index contributed by atoms with van der Waals surface area (Å²) in [7, 11) is 0. The van der Waals surface area contributed by atoms with Gasteiger partial charge in [0.2, 0.25) is 11.7 Å². The Kier molecular flexibility index (Phi) is 3.89. The van der Waals surface area contributed by atoms with Crippen LogP contribution in [0.15, 0.2) is 66.7 Å². The van der Waals surface area contributed by atoms with Crippen molar-refractivity contribution in [3.05, 3.63) is 83.8 Å². The molecule has 1 aromatic heterocycles. The van der Waals surface area contributed by atoms with Crippen LogP contribution in [0, 0.1) is 5.82 Å². The summed E-state index contributed by atoms with van der Waals surface area (Å²) in [4.78, 5) is 24.7. The van der Waals surface area contributed by atoms with Gasteiger partial charge in [0.1, 0.15) is 5.82 Å². The minimum absolute atomic E-state index is 0.228. The highest BCUT2D eigenvalue weighted by molar-refractivity contribution is 6.10. The highest BCUT2D eigenvalue weighted by atomic mass is 19.1. The predicted molar refractivity (Wildman–Crippen MR) is 86.0 cm³/mol. The van der Waals surface area contributed by atoms with Crippen molar-refractivity contribution in [2.45, 2.75) is 6.92 Å². The van der Waals surface area contributed by atoms with E-state index in [1.807, 2.05) is 6.07 Å². The van der Waals surface area contributed by atoms with E-state index in [9.17, 15) is 14.0 Å².